The maximum atomic E-state index is 12.4. The molecule has 0 heterocycles. The van der Waals surface area contributed by atoms with Crippen molar-refractivity contribution in [1.82, 2.24) is 0 Å². The predicted octanol–water partition coefficient (Wildman–Crippen LogP) is 4.51. The molecule has 3 aromatic rings. The minimum Gasteiger partial charge on any atom is -0.478 e. The van der Waals surface area contributed by atoms with Gasteiger partial charge in [-0.3, -0.25) is 4.79 Å². The second kappa shape index (κ2) is 9.98. The van der Waals surface area contributed by atoms with Crippen LogP contribution in [0.5, 0.6) is 0 Å². The van der Waals surface area contributed by atoms with Gasteiger partial charge in [0.1, 0.15) is 12.7 Å². The number of nitrogens with zero attached hydrogens (tertiary/aromatic N) is 1. The number of carboxylic acids is 1. The second-order valence-electron chi connectivity index (χ2n) is 7.85. The molecule has 1 unspecified atom stereocenters. The lowest BCUT2D eigenvalue weighted by molar-refractivity contribution is -0.121. The van der Waals surface area contributed by atoms with Gasteiger partial charge in [-0.1, -0.05) is 30.3 Å². The van der Waals surface area contributed by atoms with Crippen LogP contribution in [0.2, 0.25) is 0 Å². The third-order valence-corrected chi connectivity index (χ3v) is 5.57. The zero-order chi connectivity index (χ0) is 23.2. The fourth-order valence-electron chi connectivity index (χ4n) is 3.94. The number of carbonyl (C=O) groups excluding carboxylic acids is 1. The van der Waals surface area contributed by atoms with Gasteiger partial charge in [0.05, 0.1) is 29.5 Å². The first-order valence-corrected chi connectivity index (χ1v) is 10.6. The molecule has 1 aliphatic rings. The Balaban J connectivity index is 1.40. The standard InChI is InChI=1S/C26H23N3O4/c27-14-20-12-22-19(8-11-23(22)28-21-9-6-18(7-10-21)26(31)32)13-24(20)29-25(30)16-33-15-17-4-2-1-3-5-17/h1-7,9-10,12-13,23,28H,8,11,15-16H2,(H,29,30)(H,31,32). The lowest BCUT2D eigenvalue weighted by Crippen LogP contribution is -2.19. The minimum absolute atomic E-state index is 0.00161. The molecule has 7 nitrogen and oxygen atoms in total. The number of nitriles is 1. The van der Waals surface area contributed by atoms with Gasteiger partial charge in [0.2, 0.25) is 5.91 Å². The first-order valence-electron chi connectivity index (χ1n) is 10.6. The van der Waals surface area contributed by atoms with Crippen LogP contribution in [-0.2, 0) is 22.6 Å². The highest BCUT2D eigenvalue weighted by atomic mass is 16.5. The molecule has 1 atom stereocenters. The molecule has 0 aliphatic heterocycles. The SMILES string of the molecule is N#Cc1cc2c(cc1NC(=O)COCc1ccccc1)CCC2Nc1ccc(C(=O)O)cc1. The summed E-state index contributed by atoms with van der Waals surface area (Å²) in [6.07, 6.45) is 1.64. The number of aromatic carboxylic acids is 1. The Morgan fingerprint density at radius 3 is 2.55 bits per heavy atom. The largest absolute Gasteiger partial charge is 0.478 e. The molecule has 0 spiro atoms. The number of aryl methyl sites for hydroxylation is 1. The van der Waals surface area contributed by atoms with Crippen molar-refractivity contribution < 1.29 is 19.4 Å². The molecule has 7 heteroatoms. The van der Waals surface area contributed by atoms with Crippen molar-refractivity contribution in [2.75, 3.05) is 17.2 Å². The molecule has 0 aromatic heterocycles. The van der Waals surface area contributed by atoms with Crippen molar-refractivity contribution >= 4 is 23.3 Å². The van der Waals surface area contributed by atoms with Crippen LogP contribution in [0.1, 0.15) is 45.1 Å². The van der Waals surface area contributed by atoms with E-state index in [4.69, 9.17) is 9.84 Å². The molecule has 3 N–H and O–H groups in total. The van der Waals surface area contributed by atoms with E-state index in [1.165, 1.54) is 0 Å². The Kier molecular flexibility index (Phi) is 6.67. The van der Waals surface area contributed by atoms with Crippen molar-refractivity contribution in [2.45, 2.75) is 25.5 Å². The predicted molar refractivity (Wildman–Crippen MR) is 124 cm³/mol. The molecule has 0 saturated carbocycles. The van der Waals surface area contributed by atoms with Crippen molar-refractivity contribution in [3.05, 3.63) is 94.5 Å². The number of benzene rings is 3. The number of nitrogens with one attached hydrogen (secondary N) is 2. The van der Waals surface area contributed by atoms with Crippen LogP contribution in [0.3, 0.4) is 0 Å². The molecule has 166 valence electrons. The van der Waals surface area contributed by atoms with Crippen LogP contribution in [0.4, 0.5) is 11.4 Å². The van der Waals surface area contributed by atoms with Gasteiger partial charge >= 0.3 is 5.97 Å². The summed E-state index contributed by atoms with van der Waals surface area (Å²) in [5, 5.41) is 24.9. The van der Waals surface area contributed by atoms with Gasteiger partial charge in [0.15, 0.2) is 0 Å². The topological polar surface area (TPSA) is 111 Å². The third-order valence-electron chi connectivity index (χ3n) is 5.57. The summed E-state index contributed by atoms with van der Waals surface area (Å²) in [5.74, 6) is -1.28. The first-order chi connectivity index (χ1) is 16.0. The molecule has 3 aromatic carbocycles. The van der Waals surface area contributed by atoms with E-state index >= 15 is 0 Å². The van der Waals surface area contributed by atoms with Gasteiger partial charge in [-0.15, -0.1) is 0 Å². The molecule has 4 rings (SSSR count). The Labute approximate surface area is 191 Å². The van der Waals surface area contributed by atoms with E-state index in [2.05, 4.69) is 16.7 Å². The second-order valence-corrected chi connectivity index (χ2v) is 7.85. The summed E-state index contributed by atoms with van der Waals surface area (Å²) in [4.78, 5) is 23.4. The average molecular weight is 441 g/mol. The number of ether oxygens (including phenoxy) is 1. The van der Waals surface area contributed by atoms with Crippen molar-refractivity contribution in [3.8, 4) is 6.07 Å². The molecular formula is C26H23N3O4. The van der Waals surface area contributed by atoms with Gasteiger partial charge in [-0.25, -0.2) is 4.79 Å². The number of carbonyl (C=O) groups is 2. The summed E-state index contributed by atoms with van der Waals surface area (Å²) < 4.78 is 5.48. The number of anilines is 2. The highest BCUT2D eigenvalue weighted by Gasteiger charge is 2.25. The number of amides is 1. The monoisotopic (exact) mass is 441 g/mol. The van der Waals surface area contributed by atoms with Gasteiger partial charge in [-0.05, 0) is 65.9 Å². The molecule has 1 aliphatic carbocycles. The molecule has 0 bridgehead atoms. The lowest BCUT2D eigenvalue weighted by atomic mass is 10.0. The molecule has 0 saturated heterocycles. The zero-order valence-electron chi connectivity index (χ0n) is 17.9. The zero-order valence-corrected chi connectivity index (χ0v) is 17.9. The smallest absolute Gasteiger partial charge is 0.335 e. The van der Waals surface area contributed by atoms with Crippen LogP contribution < -0.4 is 10.6 Å². The van der Waals surface area contributed by atoms with E-state index < -0.39 is 5.97 Å². The number of hydrogen-bond acceptors (Lipinski definition) is 5. The van der Waals surface area contributed by atoms with Gasteiger partial charge in [0, 0.05) is 5.69 Å². The number of rotatable bonds is 8. The van der Waals surface area contributed by atoms with E-state index in [1.54, 1.807) is 24.3 Å². The van der Waals surface area contributed by atoms with Crippen LogP contribution in [0.15, 0.2) is 66.7 Å². The van der Waals surface area contributed by atoms with Crippen LogP contribution >= 0.6 is 0 Å². The first kappa shape index (κ1) is 22.1. The van der Waals surface area contributed by atoms with Crippen molar-refractivity contribution in [3.63, 3.8) is 0 Å². The highest BCUT2D eigenvalue weighted by molar-refractivity contribution is 5.93. The van der Waals surface area contributed by atoms with Crippen molar-refractivity contribution in [1.29, 1.82) is 5.26 Å². The quantitative estimate of drug-likeness (QED) is 0.474. The van der Waals surface area contributed by atoms with E-state index in [9.17, 15) is 14.9 Å². The van der Waals surface area contributed by atoms with Crippen molar-refractivity contribution in [2.24, 2.45) is 0 Å². The molecule has 0 radical (unpaired) electrons. The van der Waals surface area contributed by atoms with E-state index in [0.29, 0.717) is 17.9 Å². The van der Waals surface area contributed by atoms with Gasteiger partial charge in [-0.2, -0.15) is 5.26 Å². The van der Waals surface area contributed by atoms with E-state index in [1.807, 2.05) is 42.5 Å². The van der Waals surface area contributed by atoms with Gasteiger partial charge in [0.25, 0.3) is 0 Å². The third kappa shape index (κ3) is 5.37. The lowest BCUT2D eigenvalue weighted by Gasteiger charge is -2.17. The summed E-state index contributed by atoms with van der Waals surface area (Å²) >= 11 is 0. The Morgan fingerprint density at radius 2 is 1.85 bits per heavy atom. The number of fused-ring (bicyclic) bond motifs is 1. The van der Waals surface area contributed by atoms with Gasteiger partial charge < -0.3 is 20.5 Å². The fraction of sp³-hybridized carbons (Fsp3) is 0.192. The van der Waals surface area contributed by atoms with Crippen LogP contribution in [-0.4, -0.2) is 23.6 Å². The summed E-state index contributed by atoms with van der Waals surface area (Å²) in [5.41, 5.74) is 4.96. The van der Waals surface area contributed by atoms with E-state index in [0.717, 1.165) is 35.2 Å². The molecule has 0 fully saturated rings. The maximum absolute atomic E-state index is 12.4. The Hall–Kier alpha value is -4.15. The summed E-state index contributed by atoms with van der Waals surface area (Å²) in [6.45, 7) is 0.234. The minimum atomic E-state index is -0.966. The molecule has 33 heavy (non-hydrogen) atoms. The summed E-state index contributed by atoms with van der Waals surface area (Å²) in [6, 6.07) is 22.0. The average Bonchev–Trinajstić information content (AvgIpc) is 3.21. The Bertz CT molecular complexity index is 1200. The number of hydrogen-bond donors (Lipinski definition) is 3. The van der Waals surface area contributed by atoms with E-state index in [-0.39, 0.29) is 24.1 Å². The Morgan fingerprint density at radius 1 is 1.09 bits per heavy atom. The maximum Gasteiger partial charge on any atom is 0.335 e. The fourth-order valence-corrected chi connectivity index (χ4v) is 3.94. The van der Waals surface area contributed by atoms with Crippen LogP contribution in [0.25, 0.3) is 0 Å². The van der Waals surface area contributed by atoms with Crippen LogP contribution in [0, 0.1) is 11.3 Å². The number of carboxylic acid groups (broad SMARTS) is 1. The molecule has 1 amide bonds. The highest BCUT2D eigenvalue weighted by Crippen LogP contribution is 2.37. The normalized spacial score (nSPS) is 14.2. The molecular weight excluding hydrogens is 418 g/mol. The summed E-state index contributed by atoms with van der Waals surface area (Å²) in [7, 11) is 0.